The smallest absolute Gasteiger partial charge is 0.288 e. The molecule has 0 atom stereocenters. The van der Waals surface area contributed by atoms with Gasteiger partial charge in [-0.05, 0) is 11.6 Å². The first-order valence-electron chi connectivity index (χ1n) is 5.52. The second-order valence-corrected chi connectivity index (χ2v) is 4.07. The van der Waals surface area contributed by atoms with E-state index in [2.05, 4.69) is 10.2 Å². The maximum absolute atomic E-state index is 12.9. The number of nitrogens with zero attached hydrogens (tertiary/aromatic N) is 3. The Bertz CT molecular complexity index is 717. The van der Waals surface area contributed by atoms with Crippen LogP contribution in [0, 0.1) is 0 Å². The lowest BCUT2D eigenvalue weighted by Crippen LogP contribution is -2.07. The van der Waals surface area contributed by atoms with Crippen molar-refractivity contribution in [2.45, 2.75) is 6.18 Å². The number of pyridine rings is 1. The number of halogens is 3. The Balaban J connectivity index is 2.31. The van der Waals surface area contributed by atoms with Crippen LogP contribution in [0.25, 0.3) is 16.8 Å². The highest BCUT2D eigenvalue weighted by Crippen LogP contribution is 2.33. The minimum Gasteiger partial charge on any atom is -0.288 e. The highest BCUT2D eigenvalue weighted by Gasteiger charge is 2.32. The lowest BCUT2D eigenvalue weighted by atomic mass is 10.1. The Morgan fingerprint density at radius 3 is 2.47 bits per heavy atom. The fourth-order valence-electron chi connectivity index (χ4n) is 1.92. The minimum absolute atomic E-state index is 0.402. The molecule has 0 amide bonds. The van der Waals surface area contributed by atoms with Gasteiger partial charge in [0.15, 0.2) is 5.65 Å². The van der Waals surface area contributed by atoms with E-state index in [0.29, 0.717) is 16.8 Å². The molecular weight excluding hydrogens is 255 g/mol. The zero-order valence-corrected chi connectivity index (χ0v) is 9.59. The van der Waals surface area contributed by atoms with Crippen LogP contribution >= 0.6 is 0 Å². The maximum atomic E-state index is 12.9. The van der Waals surface area contributed by atoms with Gasteiger partial charge in [-0.15, -0.1) is 10.2 Å². The van der Waals surface area contributed by atoms with Crippen molar-refractivity contribution in [2.75, 3.05) is 0 Å². The van der Waals surface area contributed by atoms with Gasteiger partial charge in [-0.1, -0.05) is 30.3 Å². The Hall–Kier alpha value is -2.37. The van der Waals surface area contributed by atoms with Gasteiger partial charge in [-0.3, -0.25) is 4.40 Å². The van der Waals surface area contributed by atoms with Crippen LogP contribution in [0.4, 0.5) is 13.2 Å². The molecule has 0 bridgehead atoms. The van der Waals surface area contributed by atoms with Crippen LogP contribution in [0.2, 0.25) is 0 Å². The van der Waals surface area contributed by atoms with Gasteiger partial charge in [-0.25, -0.2) is 0 Å². The summed E-state index contributed by atoms with van der Waals surface area (Å²) < 4.78 is 39.9. The summed E-state index contributed by atoms with van der Waals surface area (Å²) in [6, 6.07) is 9.91. The van der Waals surface area contributed by atoms with Crippen LogP contribution in [-0.4, -0.2) is 14.6 Å². The van der Waals surface area contributed by atoms with Crippen LogP contribution in [0.1, 0.15) is 5.56 Å². The van der Waals surface area contributed by atoms with Gasteiger partial charge >= 0.3 is 6.18 Å². The summed E-state index contributed by atoms with van der Waals surface area (Å²) in [7, 11) is 0. The molecule has 6 heteroatoms. The first-order chi connectivity index (χ1) is 9.05. The predicted octanol–water partition coefficient (Wildman–Crippen LogP) is 3.42. The van der Waals surface area contributed by atoms with Crippen molar-refractivity contribution in [1.29, 1.82) is 0 Å². The molecule has 96 valence electrons. The summed E-state index contributed by atoms with van der Waals surface area (Å²) in [5, 5.41) is 7.52. The molecule has 0 aliphatic rings. The molecule has 3 rings (SSSR count). The summed E-state index contributed by atoms with van der Waals surface area (Å²) in [5.41, 5.74) is 0.761. The third-order valence-corrected chi connectivity index (χ3v) is 2.80. The fraction of sp³-hybridized carbons (Fsp3) is 0.0769. The van der Waals surface area contributed by atoms with Gasteiger partial charge in [0.1, 0.15) is 6.33 Å². The summed E-state index contributed by atoms with van der Waals surface area (Å²) in [5.74, 6) is 0. The third-order valence-electron chi connectivity index (χ3n) is 2.80. The maximum Gasteiger partial charge on any atom is 0.417 e. The van der Waals surface area contributed by atoms with Crippen molar-refractivity contribution in [1.82, 2.24) is 14.6 Å². The van der Waals surface area contributed by atoms with E-state index in [1.165, 1.54) is 10.7 Å². The van der Waals surface area contributed by atoms with E-state index in [4.69, 9.17) is 0 Å². The van der Waals surface area contributed by atoms with Crippen molar-refractivity contribution >= 4 is 5.65 Å². The standard InChI is InChI=1S/C13H8F3N3/c14-13(15,16)10-6-11(9-4-2-1-3-5-9)12-18-17-8-19(12)7-10/h1-8H. The van der Waals surface area contributed by atoms with Gasteiger partial charge in [-0.2, -0.15) is 13.2 Å². The number of hydrogen-bond acceptors (Lipinski definition) is 2. The number of hydrogen-bond donors (Lipinski definition) is 0. The van der Waals surface area contributed by atoms with Crippen LogP contribution in [0.3, 0.4) is 0 Å². The van der Waals surface area contributed by atoms with E-state index in [0.717, 1.165) is 12.3 Å². The second kappa shape index (κ2) is 4.08. The Labute approximate surface area is 106 Å². The van der Waals surface area contributed by atoms with E-state index in [-0.39, 0.29) is 0 Å². The molecule has 1 aromatic carbocycles. The predicted molar refractivity (Wildman–Crippen MR) is 63.4 cm³/mol. The van der Waals surface area contributed by atoms with Crippen molar-refractivity contribution in [3.63, 3.8) is 0 Å². The van der Waals surface area contributed by atoms with E-state index >= 15 is 0 Å². The first kappa shape index (κ1) is 11.7. The lowest BCUT2D eigenvalue weighted by Gasteiger charge is -2.10. The first-order valence-corrected chi connectivity index (χ1v) is 5.52. The normalized spacial score (nSPS) is 11.9. The monoisotopic (exact) mass is 263 g/mol. The van der Waals surface area contributed by atoms with Crippen molar-refractivity contribution in [2.24, 2.45) is 0 Å². The van der Waals surface area contributed by atoms with Crippen molar-refractivity contribution < 1.29 is 13.2 Å². The average Bonchev–Trinajstić information content (AvgIpc) is 2.85. The second-order valence-electron chi connectivity index (χ2n) is 4.07. The highest BCUT2D eigenvalue weighted by molar-refractivity contribution is 5.77. The molecule has 0 N–H and O–H groups in total. The molecule has 3 nitrogen and oxygen atoms in total. The summed E-state index contributed by atoms with van der Waals surface area (Å²) in [4.78, 5) is 0. The van der Waals surface area contributed by atoms with E-state index in [9.17, 15) is 13.2 Å². The zero-order chi connectivity index (χ0) is 13.5. The van der Waals surface area contributed by atoms with E-state index in [1.807, 2.05) is 0 Å². The van der Waals surface area contributed by atoms with Crippen molar-refractivity contribution in [3.8, 4) is 11.1 Å². The molecule has 0 unspecified atom stereocenters. The molecule has 2 aromatic heterocycles. The minimum atomic E-state index is -4.40. The van der Waals surface area contributed by atoms with Gasteiger partial charge in [0.2, 0.25) is 0 Å². The fourth-order valence-corrected chi connectivity index (χ4v) is 1.92. The lowest BCUT2D eigenvalue weighted by molar-refractivity contribution is -0.137. The average molecular weight is 263 g/mol. The van der Waals surface area contributed by atoms with Gasteiger partial charge in [0, 0.05) is 11.8 Å². The number of aromatic nitrogens is 3. The van der Waals surface area contributed by atoms with Crippen molar-refractivity contribution in [3.05, 3.63) is 54.5 Å². The van der Waals surface area contributed by atoms with Gasteiger partial charge in [0.05, 0.1) is 5.56 Å². The zero-order valence-electron chi connectivity index (χ0n) is 9.59. The highest BCUT2D eigenvalue weighted by atomic mass is 19.4. The van der Waals surface area contributed by atoms with Crippen LogP contribution in [-0.2, 0) is 6.18 Å². The van der Waals surface area contributed by atoms with E-state index < -0.39 is 11.7 Å². The van der Waals surface area contributed by atoms with Crippen LogP contribution in [0.15, 0.2) is 48.9 Å². The summed E-state index contributed by atoms with van der Waals surface area (Å²) >= 11 is 0. The molecular formula is C13H8F3N3. The molecule has 2 heterocycles. The Morgan fingerprint density at radius 2 is 1.79 bits per heavy atom. The van der Waals surface area contributed by atoms with Gasteiger partial charge in [0.25, 0.3) is 0 Å². The summed E-state index contributed by atoms with van der Waals surface area (Å²) in [6.45, 7) is 0. The van der Waals surface area contributed by atoms with E-state index in [1.54, 1.807) is 30.3 Å². The number of alkyl halides is 3. The largest absolute Gasteiger partial charge is 0.417 e. The molecule has 19 heavy (non-hydrogen) atoms. The number of rotatable bonds is 1. The molecule has 0 spiro atoms. The third kappa shape index (κ3) is 2.05. The summed E-state index contributed by atoms with van der Waals surface area (Å²) in [6.07, 6.45) is -2.15. The quantitative estimate of drug-likeness (QED) is 0.673. The molecule has 0 radical (unpaired) electrons. The van der Waals surface area contributed by atoms with Crippen LogP contribution < -0.4 is 0 Å². The molecule has 3 aromatic rings. The Kier molecular flexibility index (Phi) is 2.51. The van der Waals surface area contributed by atoms with Crippen LogP contribution in [0.5, 0.6) is 0 Å². The number of fused-ring (bicyclic) bond motifs is 1. The van der Waals surface area contributed by atoms with Gasteiger partial charge < -0.3 is 0 Å². The SMILES string of the molecule is FC(F)(F)c1cc(-c2ccccc2)c2nncn2c1. The molecule has 0 fully saturated rings. The topological polar surface area (TPSA) is 30.2 Å². The Morgan fingerprint density at radius 1 is 1.05 bits per heavy atom. The molecule has 0 aliphatic heterocycles. The number of benzene rings is 1. The molecule has 0 saturated carbocycles. The molecule has 0 aliphatic carbocycles. The molecule has 0 saturated heterocycles.